The zero-order chi connectivity index (χ0) is 12.6. The van der Waals surface area contributed by atoms with Crippen LogP contribution in [0.1, 0.15) is 34.6 Å². The highest BCUT2D eigenvalue weighted by Gasteiger charge is 2.39. The highest BCUT2D eigenvalue weighted by atomic mass is 16.2. The van der Waals surface area contributed by atoms with E-state index in [1.165, 1.54) is 0 Å². The third-order valence-electron chi connectivity index (χ3n) is 2.79. The van der Waals surface area contributed by atoms with Crippen LogP contribution in [-0.2, 0) is 4.79 Å². The van der Waals surface area contributed by atoms with E-state index in [1.807, 2.05) is 0 Å². The normalized spacial score (nSPS) is 15.2. The number of hydrogen-bond acceptors (Lipinski definition) is 3. The van der Waals surface area contributed by atoms with Crippen LogP contribution in [0.4, 0.5) is 0 Å². The molecule has 88 valence electrons. The predicted molar refractivity (Wildman–Crippen MR) is 61.9 cm³/mol. The molecule has 0 spiro atoms. The van der Waals surface area contributed by atoms with Gasteiger partial charge in [0.25, 0.3) is 0 Å². The fourth-order valence-corrected chi connectivity index (χ4v) is 1.78. The van der Waals surface area contributed by atoms with Crippen LogP contribution >= 0.6 is 0 Å². The van der Waals surface area contributed by atoms with Gasteiger partial charge in [0, 0.05) is 17.0 Å². The number of amides is 1. The van der Waals surface area contributed by atoms with E-state index >= 15 is 0 Å². The van der Waals surface area contributed by atoms with Gasteiger partial charge in [0.15, 0.2) is 17.6 Å². The van der Waals surface area contributed by atoms with E-state index in [2.05, 4.69) is 5.32 Å². The lowest BCUT2D eigenvalue weighted by Crippen LogP contribution is -2.44. The minimum absolute atomic E-state index is 0.251. The summed E-state index contributed by atoms with van der Waals surface area (Å²) in [5, 5.41) is 2.49. The summed E-state index contributed by atoms with van der Waals surface area (Å²) in [5.74, 6) is -1.18. The molecule has 1 aromatic carbocycles. The Hall–Kier alpha value is -1.97. The summed E-state index contributed by atoms with van der Waals surface area (Å²) in [6, 6.07) is 5.59. The average molecular weight is 231 g/mol. The van der Waals surface area contributed by atoms with E-state index in [9.17, 15) is 14.4 Å². The number of hydrogen-bond donors (Lipinski definition) is 1. The highest BCUT2D eigenvalue weighted by molar-refractivity contribution is 6.30. The molecule has 1 aliphatic carbocycles. The smallest absolute Gasteiger partial charge is 0.223 e. The van der Waals surface area contributed by atoms with Crippen LogP contribution in [0.5, 0.6) is 0 Å². The van der Waals surface area contributed by atoms with Gasteiger partial charge in [-0.15, -0.1) is 0 Å². The fourth-order valence-electron chi connectivity index (χ4n) is 1.78. The molecule has 0 aliphatic heterocycles. The van der Waals surface area contributed by atoms with Crippen molar-refractivity contribution < 1.29 is 14.4 Å². The number of nitrogens with one attached hydrogen (secondary N) is 1. The summed E-state index contributed by atoms with van der Waals surface area (Å²) < 4.78 is 0. The first-order valence-electron chi connectivity index (χ1n) is 5.50. The van der Waals surface area contributed by atoms with Crippen molar-refractivity contribution in [1.29, 1.82) is 0 Å². The second-order valence-electron chi connectivity index (χ2n) is 4.37. The SMILES string of the molecule is CC(C)C(=O)NC1C(=O)c2ccccc2C1=O. The molecule has 1 N–H and O–H groups in total. The third-order valence-corrected chi connectivity index (χ3v) is 2.79. The molecule has 17 heavy (non-hydrogen) atoms. The summed E-state index contributed by atoms with van der Waals surface area (Å²) in [6.07, 6.45) is 0. The van der Waals surface area contributed by atoms with Crippen LogP contribution in [0.15, 0.2) is 24.3 Å². The molecule has 0 atom stereocenters. The Morgan fingerprint density at radius 1 is 1.12 bits per heavy atom. The van der Waals surface area contributed by atoms with Gasteiger partial charge in [-0.1, -0.05) is 38.1 Å². The molecule has 0 saturated heterocycles. The lowest BCUT2D eigenvalue weighted by atomic mass is 10.1. The summed E-state index contributed by atoms with van der Waals surface area (Å²) in [7, 11) is 0. The number of carbonyl (C=O) groups excluding carboxylic acids is 3. The lowest BCUT2D eigenvalue weighted by molar-refractivity contribution is -0.124. The molecule has 0 fully saturated rings. The Balaban J connectivity index is 2.28. The molecular formula is C13H13NO3. The first-order chi connectivity index (χ1) is 8.02. The molecule has 1 aromatic rings. The quantitative estimate of drug-likeness (QED) is 0.778. The third kappa shape index (κ3) is 1.86. The maximum atomic E-state index is 11.9. The van der Waals surface area contributed by atoms with Crippen molar-refractivity contribution in [3.63, 3.8) is 0 Å². The summed E-state index contributed by atoms with van der Waals surface area (Å²) >= 11 is 0. The van der Waals surface area contributed by atoms with Crippen LogP contribution in [-0.4, -0.2) is 23.5 Å². The van der Waals surface area contributed by atoms with Crippen molar-refractivity contribution in [2.24, 2.45) is 5.92 Å². The molecule has 4 heteroatoms. The van der Waals surface area contributed by atoms with Crippen LogP contribution in [0, 0.1) is 5.92 Å². The first kappa shape index (κ1) is 11.5. The van der Waals surface area contributed by atoms with Gasteiger partial charge < -0.3 is 5.32 Å². The largest absolute Gasteiger partial charge is 0.339 e. The molecule has 0 heterocycles. The van der Waals surface area contributed by atoms with Crippen LogP contribution in [0.2, 0.25) is 0 Å². The summed E-state index contributed by atoms with van der Waals surface area (Å²) in [4.78, 5) is 35.4. The highest BCUT2D eigenvalue weighted by Crippen LogP contribution is 2.22. The average Bonchev–Trinajstić information content (AvgIpc) is 2.55. The molecule has 0 unspecified atom stereocenters. The van der Waals surface area contributed by atoms with Gasteiger partial charge in [-0.05, 0) is 0 Å². The summed E-state index contributed by atoms with van der Waals surface area (Å²) in [5.41, 5.74) is 0.790. The topological polar surface area (TPSA) is 63.2 Å². The second-order valence-corrected chi connectivity index (χ2v) is 4.37. The molecule has 0 aromatic heterocycles. The van der Waals surface area contributed by atoms with Crippen molar-refractivity contribution in [1.82, 2.24) is 5.32 Å². The van der Waals surface area contributed by atoms with Gasteiger partial charge in [-0.3, -0.25) is 14.4 Å². The van der Waals surface area contributed by atoms with Gasteiger partial charge in [0.1, 0.15) is 0 Å². The van der Waals surface area contributed by atoms with Crippen LogP contribution in [0.25, 0.3) is 0 Å². The molecule has 2 rings (SSSR count). The molecule has 1 aliphatic rings. The minimum Gasteiger partial charge on any atom is -0.339 e. The Kier molecular flexibility index (Phi) is 2.79. The lowest BCUT2D eigenvalue weighted by Gasteiger charge is -2.11. The molecular weight excluding hydrogens is 218 g/mol. The van der Waals surface area contributed by atoms with Crippen molar-refractivity contribution in [2.45, 2.75) is 19.9 Å². The molecule has 4 nitrogen and oxygen atoms in total. The van der Waals surface area contributed by atoms with Crippen molar-refractivity contribution in [3.8, 4) is 0 Å². The van der Waals surface area contributed by atoms with Crippen molar-refractivity contribution in [2.75, 3.05) is 0 Å². The van der Waals surface area contributed by atoms with Crippen LogP contribution < -0.4 is 5.32 Å². The standard InChI is InChI=1S/C13H13NO3/c1-7(2)13(17)14-10-11(15)8-5-3-4-6-9(8)12(10)16/h3-7,10H,1-2H3,(H,14,17). The van der Waals surface area contributed by atoms with Gasteiger partial charge in [-0.2, -0.15) is 0 Å². The van der Waals surface area contributed by atoms with E-state index in [0.29, 0.717) is 11.1 Å². The number of rotatable bonds is 2. The number of ketones is 2. The minimum atomic E-state index is -1.04. The Morgan fingerprint density at radius 2 is 1.59 bits per heavy atom. The predicted octanol–water partition coefficient (Wildman–Crippen LogP) is 1.21. The van der Waals surface area contributed by atoms with Gasteiger partial charge in [0.05, 0.1) is 0 Å². The Bertz CT molecular complexity index is 470. The van der Waals surface area contributed by atoms with E-state index in [4.69, 9.17) is 0 Å². The monoisotopic (exact) mass is 231 g/mol. The Morgan fingerprint density at radius 3 is 2.00 bits per heavy atom. The number of benzene rings is 1. The van der Waals surface area contributed by atoms with E-state index < -0.39 is 6.04 Å². The maximum Gasteiger partial charge on any atom is 0.223 e. The van der Waals surface area contributed by atoms with Crippen molar-refractivity contribution >= 4 is 17.5 Å². The Labute approximate surface area is 99.0 Å². The molecule has 0 saturated carbocycles. The second kappa shape index (κ2) is 4.13. The first-order valence-corrected chi connectivity index (χ1v) is 5.50. The van der Waals surface area contributed by atoms with Crippen LogP contribution in [0.3, 0.4) is 0 Å². The molecule has 0 radical (unpaired) electrons. The molecule has 0 bridgehead atoms. The maximum absolute atomic E-state index is 11.9. The van der Waals surface area contributed by atoms with E-state index in [0.717, 1.165) is 0 Å². The number of Topliss-reactive ketones (excluding diaryl/α,β-unsaturated/α-hetero) is 2. The van der Waals surface area contributed by atoms with E-state index in [-0.39, 0.29) is 23.4 Å². The van der Waals surface area contributed by atoms with Gasteiger partial charge >= 0.3 is 0 Å². The number of carbonyl (C=O) groups is 3. The fraction of sp³-hybridized carbons (Fsp3) is 0.308. The van der Waals surface area contributed by atoms with Gasteiger partial charge in [0.2, 0.25) is 5.91 Å². The number of fused-ring (bicyclic) bond motifs is 1. The van der Waals surface area contributed by atoms with Gasteiger partial charge in [-0.25, -0.2) is 0 Å². The van der Waals surface area contributed by atoms with Crippen molar-refractivity contribution in [3.05, 3.63) is 35.4 Å². The molecule has 1 amide bonds. The zero-order valence-electron chi connectivity index (χ0n) is 9.69. The zero-order valence-corrected chi connectivity index (χ0v) is 9.69. The summed E-state index contributed by atoms with van der Waals surface area (Å²) in [6.45, 7) is 3.43. The van der Waals surface area contributed by atoms with E-state index in [1.54, 1.807) is 38.1 Å².